The van der Waals surface area contributed by atoms with Crippen molar-refractivity contribution in [2.45, 2.75) is 31.3 Å². The highest BCUT2D eigenvalue weighted by molar-refractivity contribution is 5.60. The van der Waals surface area contributed by atoms with Gasteiger partial charge in [-0.05, 0) is 50.1 Å². The lowest BCUT2D eigenvalue weighted by atomic mass is 10.1. The molecule has 2 aromatic rings. The van der Waals surface area contributed by atoms with Crippen LogP contribution in [-0.4, -0.2) is 44.8 Å². The molecule has 2 saturated heterocycles. The van der Waals surface area contributed by atoms with Gasteiger partial charge >= 0.3 is 0 Å². The second-order valence-electron chi connectivity index (χ2n) is 6.13. The van der Waals surface area contributed by atoms with Gasteiger partial charge in [-0.1, -0.05) is 0 Å². The van der Waals surface area contributed by atoms with E-state index in [1.165, 1.54) is 38.0 Å². The highest BCUT2D eigenvalue weighted by atomic mass is 15.2. The molecule has 0 saturated carbocycles. The van der Waals surface area contributed by atoms with Crippen LogP contribution in [-0.2, 0) is 7.05 Å². The molecule has 0 spiro atoms. The Morgan fingerprint density at radius 2 is 2.00 bits per heavy atom. The molecule has 0 bridgehead atoms. The fourth-order valence-electron chi connectivity index (χ4n) is 3.73. The summed E-state index contributed by atoms with van der Waals surface area (Å²) < 4.78 is 1.94. The molecule has 3 heterocycles. The zero-order chi connectivity index (χ0) is 14.2. The molecule has 1 aromatic carbocycles. The minimum atomic E-state index is 0.605. The van der Waals surface area contributed by atoms with E-state index in [1.54, 1.807) is 6.33 Å². The van der Waals surface area contributed by atoms with Crippen LogP contribution in [0.25, 0.3) is 11.4 Å². The number of rotatable bonds is 3. The number of hydrogen-bond acceptors (Lipinski definition) is 4. The summed E-state index contributed by atoms with van der Waals surface area (Å²) in [6.07, 6.45) is 5.69. The van der Waals surface area contributed by atoms with Crippen LogP contribution >= 0.6 is 0 Å². The molecule has 21 heavy (non-hydrogen) atoms. The molecule has 5 heteroatoms. The Morgan fingerprint density at radius 3 is 2.76 bits per heavy atom. The van der Waals surface area contributed by atoms with Crippen molar-refractivity contribution in [1.82, 2.24) is 19.7 Å². The second-order valence-corrected chi connectivity index (χ2v) is 6.13. The fourth-order valence-corrected chi connectivity index (χ4v) is 3.73. The first kappa shape index (κ1) is 12.8. The first-order valence-corrected chi connectivity index (χ1v) is 7.76. The van der Waals surface area contributed by atoms with Crippen LogP contribution in [0.5, 0.6) is 0 Å². The number of aryl methyl sites for hydroxylation is 1. The van der Waals surface area contributed by atoms with Gasteiger partial charge in [0.05, 0.1) is 0 Å². The van der Waals surface area contributed by atoms with E-state index < -0.39 is 0 Å². The Balaban J connectivity index is 1.48. The summed E-state index contributed by atoms with van der Waals surface area (Å²) in [6.45, 7) is 2.54. The van der Waals surface area contributed by atoms with Gasteiger partial charge in [0.1, 0.15) is 6.33 Å². The number of aromatic nitrogens is 3. The Bertz CT molecular complexity index is 618. The zero-order valence-electron chi connectivity index (χ0n) is 12.4. The van der Waals surface area contributed by atoms with Gasteiger partial charge in [-0.15, -0.1) is 10.2 Å². The molecule has 0 radical (unpaired) electrons. The van der Waals surface area contributed by atoms with Crippen molar-refractivity contribution in [2.75, 3.05) is 18.4 Å². The molecule has 2 fully saturated rings. The van der Waals surface area contributed by atoms with E-state index in [1.807, 2.05) is 11.6 Å². The van der Waals surface area contributed by atoms with Crippen LogP contribution in [0.15, 0.2) is 30.6 Å². The number of benzene rings is 1. The Hall–Kier alpha value is -1.88. The number of nitrogens with one attached hydrogen (secondary N) is 1. The largest absolute Gasteiger partial charge is 0.381 e. The lowest BCUT2D eigenvalue weighted by molar-refractivity contribution is 0.318. The summed E-state index contributed by atoms with van der Waals surface area (Å²) in [4.78, 5) is 2.63. The van der Waals surface area contributed by atoms with Gasteiger partial charge in [-0.25, -0.2) is 0 Å². The molecule has 0 amide bonds. The van der Waals surface area contributed by atoms with Gasteiger partial charge in [0, 0.05) is 36.9 Å². The van der Waals surface area contributed by atoms with E-state index in [4.69, 9.17) is 0 Å². The molecular weight excluding hydrogens is 262 g/mol. The van der Waals surface area contributed by atoms with E-state index in [0.717, 1.165) is 17.4 Å². The van der Waals surface area contributed by atoms with Crippen molar-refractivity contribution in [3.8, 4) is 11.4 Å². The maximum atomic E-state index is 4.15. The predicted molar refractivity (Wildman–Crippen MR) is 83.1 cm³/mol. The number of anilines is 1. The average molecular weight is 283 g/mol. The van der Waals surface area contributed by atoms with E-state index in [-0.39, 0.29) is 0 Å². The fraction of sp³-hybridized carbons (Fsp3) is 0.500. The summed E-state index contributed by atoms with van der Waals surface area (Å²) in [6, 6.07) is 9.89. The van der Waals surface area contributed by atoms with Gasteiger partial charge in [0.25, 0.3) is 0 Å². The Kier molecular flexibility index (Phi) is 3.15. The maximum Gasteiger partial charge on any atom is 0.163 e. The number of nitrogens with zero attached hydrogens (tertiary/aromatic N) is 4. The van der Waals surface area contributed by atoms with Crippen molar-refractivity contribution in [3.63, 3.8) is 0 Å². The molecule has 0 aliphatic carbocycles. The first-order valence-electron chi connectivity index (χ1n) is 7.76. The maximum absolute atomic E-state index is 4.15. The predicted octanol–water partition coefficient (Wildman–Crippen LogP) is 2.13. The third-order valence-corrected chi connectivity index (χ3v) is 4.81. The van der Waals surface area contributed by atoms with Crippen molar-refractivity contribution in [2.24, 2.45) is 7.05 Å². The molecule has 4 rings (SSSR count). The molecular formula is C16H21N5. The summed E-state index contributed by atoms with van der Waals surface area (Å²) in [5, 5.41) is 11.8. The van der Waals surface area contributed by atoms with Gasteiger partial charge in [-0.2, -0.15) is 0 Å². The molecule has 2 atom stereocenters. The third kappa shape index (κ3) is 2.31. The van der Waals surface area contributed by atoms with Crippen molar-refractivity contribution in [3.05, 3.63) is 30.6 Å². The van der Waals surface area contributed by atoms with E-state index in [9.17, 15) is 0 Å². The van der Waals surface area contributed by atoms with Crippen LogP contribution in [0.3, 0.4) is 0 Å². The monoisotopic (exact) mass is 283 g/mol. The zero-order valence-corrected chi connectivity index (χ0v) is 12.4. The van der Waals surface area contributed by atoms with E-state index in [0.29, 0.717) is 6.04 Å². The standard InChI is InChI=1S/C16H21N5/c1-20-11-17-19-16(20)12-4-6-13(7-5-12)18-14-8-10-21-9-2-3-15(14)21/h4-7,11,14-15,18H,2-3,8-10H2,1H3. The van der Waals surface area contributed by atoms with E-state index in [2.05, 4.69) is 44.7 Å². The topological polar surface area (TPSA) is 46.0 Å². The number of hydrogen-bond donors (Lipinski definition) is 1. The minimum absolute atomic E-state index is 0.605. The molecule has 1 N–H and O–H groups in total. The number of fused-ring (bicyclic) bond motifs is 1. The Morgan fingerprint density at radius 1 is 1.14 bits per heavy atom. The summed E-state index contributed by atoms with van der Waals surface area (Å²) in [5.74, 6) is 0.907. The molecule has 2 unspecified atom stereocenters. The Labute approximate surface area is 125 Å². The van der Waals surface area contributed by atoms with Crippen LogP contribution in [0.1, 0.15) is 19.3 Å². The normalized spacial score (nSPS) is 25.2. The molecule has 5 nitrogen and oxygen atoms in total. The highest BCUT2D eigenvalue weighted by Crippen LogP contribution is 2.30. The van der Waals surface area contributed by atoms with Crippen molar-refractivity contribution < 1.29 is 0 Å². The molecule has 110 valence electrons. The van der Waals surface area contributed by atoms with Crippen LogP contribution in [0.2, 0.25) is 0 Å². The van der Waals surface area contributed by atoms with Crippen LogP contribution in [0.4, 0.5) is 5.69 Å². The van der Waals surface area contributed by atoms with E-state index >= 15 is 0 Å². The van der Waals surface area contributed by atoms with Crippen LogP contribution in [0, 0.1) is 0 Å². The van der Waals surface area contributed by atoms with Gasteiger partial charge in [0.2, 0.25) is 0 Å². The lowest BCUT2D eigenvalue weighted by Gasteiger charge is -2.22. The molecule has 2 aliphatic heterocycles. The van der Waals surface area contributed by atoms with Crippen molar-refractivity contribution >= 4 is 5.69 Å². The highest BCUT2D eigenvalue weighted by Gasteiger charge is 2.36. The third-order valence-electron chi connectivity index (χ3n) is 4.81. The van der Waals surface area contributed by atoms with Gasteiger partial charge in [-0.3, -0.25) is 4.90 Å². The van der Waals surface area contributed by atoms with Gasteiger partial charge in [0.15, 0.2) is 5.82 Å². The van der Waals surface area contributed by atoms with Gasteiger partial charge < -0.3 is 9.88 Å². The molecule has 1 aromatic heterocycles. The quantitative estimate of drug-likeness (QED) is 0.937. The second kappa shape index (κ2) is 5.15. The summed E-state index contributed by atoms with van der Waals surface area (Å²) in [5.41, 5.74) is 2.31. The molecule has 2 aliphatic rings. The smallest absolute Gasteiger partial charge is 0.163 e. The minimum Gasteiger partial charge on any atom is -0.381 e. The lowest BCUT2D eigenvalue weighted by Crippen LogP contribution is -2.33. The van der Waals surface area contributed by atoms with Crippen molar-refractivity contribution in [1.29, 1.82) is 0 Å². The average Bonchev–Trinajstić information content (AvgIpc) is 3.19. The summed E-state index contributed by atoms with van der Waals surface area (Å²) >= 11 is 0. The SMILES string of the molecule is Cn1cnnc1-c1ccc(NC2CCN3CCCC23)cc1. The first-order chi connectivity index (χ1) is 10.3. The van der Waals surface area contributed by atoms with Crippen LogP contribution < -0.4 is 5.32 Å². The summed E-state index contributed by atoms with van der Waals surface area (Å²) in [7, 11) is 1.97.